The summed E-state index contributed by atoms with van der Waals surface area (Å²) in [5.41, 5.74) is -4.68. The van der Waals surface area contributed by atoms with E-state index >= 15 is 0 Å². The quantitative estimate of drug-likeness (QED) is 0.232. The Morgan fingerprint density at radius 2 is 1.41 bits per heavy atom. The number of carbonyl (C=O) groups excluding carboxylic acids is 2. The van der Waals surface area contributed by atoms with E-state index in [1.54, 1.807) is 5.32 Å². The van der Waals surface area contributed by atoms with Gasteiger partial charge < -0.3 is 10.6 Å². The van der Waals surface area contributed by atoms with E-state index < -0.39 is 34.6 Å². The number of carbonyl (C=O) groups is 2. The molecule has 0 bridgehead atoms. The normalized spacial score (nSPS) is 11.1. The Bertz CT molecular complexity index is 1200. The lowest BCUT2D eigenvalue weighted by atomic mass is 10.2. The number of nitrogens with one attached hydrogen (secondary N) is 3. The highest BCUT2D eigenvalue weighted by atomic mass is 35.5. The number of hydrogen-bond acceptors (Lipinski definition) is 4. The Morgan fingerprint density at radius 1 is 0.853 bits per heavy atom. The van der Waals surface area contributed by atoms with Crippen LogP contribution in [0.25, 0.3) is 0 Å². The van der Waals surface area contributed by atoms with E-state index in [1.807, 2.05) is 0 Å². The van der Waals surface area contributed by atoms with Crippen LogP contribution >= 0.6 is 35.0 Å². The molecule has 0 aromatic heterocycles. The number of alkyl halides is 3. The number of rotatable bonds is 5. The van der Waals surface area contributed by atoms with Crippen LogP contribution in [0.15, 0.2) is 59.5 Å². The van der Waals surface area contributed by atoms with Crippen molar-refractivity contribution in [3.05, 3.63) is 81.8 Å². The zero-order valence-corrected chi connectivity index (χ0v) is 18.9. The van der Waals surface area contributed by atoms with Gasteiger partial charge in [0.15, 0.2) is 0 Å². The molecule has 13 heteroatoms. The van der Waals surface area contributed by atoms with Crippen LogP contribution in [0.3, 0.4) is 0 Å². The molecule has 0 fully saturated rings. The monoisotopic (exact) mass is 535 g/mol. The van der Waals surface area contributed by atoms with Crippen LogP contribution in [0.1, 0.15) is 10.4 Å². The minimum Gasteiger partial charge on any atom is -0.353 e. The summed E-state index contributed by atoms with van der Waals surface area (Å²) in [6, 6.07) is 9.56. The lowest BCUT2D eigenvalue weighted by Crippen LogP contribution is -2.35. The number of urea groups is 1. The molecule has 0 aliphatic heterocycles. The standard InChI is InChI=1S/C21H12Cl2F5N3O2S/c22-13-8-11(30-20(33)31-19(32)17-15(24)2-1-3-16(17)25)9-14(23)18(13)29-10-4-6-12(7-5-10)34-21(26,27)28/h1-9,29H,(H2,30,31,32,33). The molecule has 0 heterocycles. The number of halogens is 7. The van der Waals surface area contributed by atoms with Crippen LogP contribution in [0.5, 0.6) is 0 Å². The van der Waals surface area contributed by atoms with Crippen molar-refractivity contribution in [1.29, 1.82) is 0 Å². The zero-order valence-electron chi connectivity index (χ0n) is 16.6. The van der Waals surface area contributed by atoms with E-state index in [1.165, 1.54) is 36.4 Å². The number of imide groups is 1. The molecule has 34 heavy (non-hydrogen) atoms. The van der Waals surface area contributed by atoms with Crippen LogP contribution in [-0.2, 0) is 0 Å². The second kappa shape index (κ2) is 10.5. The minimum absolute atomic E-state index is 0.00869. The maximum absolute atomic E-state index is 13.7. The van der Waals surface area contributed by atoms with Gasteiger partial charge in [-0.1, -0.05) is 29.3 Å². The van der Waals surface area contributed by atoms with Crippen LogP contribution in [0, 0.1) is 11.6 Å². The second-order valence-electron chi connectivity index (χ2n) is 6.52. The minimum atomic E-state index is -4.41. The van der Waals surface area contributed by atoms with Gasteiger partial charge in [0.25, 0.3) is 5.91 Å². The van der Waals surface area contributed by atoms with E-state index in [4.69, 9.17) is 23.2 Å². The van der Waals surface area contributed by atoms with Crippen molar-refractivity contribution in [2.75, 3.05) is 10.6 Å². The van der Waals surface area contributed by atoms with E-state index in [0.29, 0.717) is 5.69 Å². The largest absolute Gasteiger partial charge is 0.446 e. The summed E-state index contributed by atoms with van der Waals surface area (Å²) >= 11 is 12.1. The van der Waals surface area contributed by atoms with Gasteiger partial charge in [0.05, 0.1) is 15.7 Å². The summed E-state index contributed by atoms with van der Waals surface area (Å²) < 4.78 is 64.7. The Kier molecular flexibility index (Phi) is 7.90. The first-order valence-corrected chi connectivity index (χ1v) is 10.7. The summed E-state index contributed by atoms with van der Waals surface area (Å²) in [5, 5.41) is 6.97. The molecule has 0 saturated carbocycles. The number of hydrogen-bond donors (Lipinski definition) is 3. The lowest BCUT2D eigenvalue weighted by Gasteiger charge is -2.14. The topological polar surface area (TPSA) is 70.2 Å². The van der Waals surface area contributed by atoms with E-state index in [2.05, 4.69) is 10.6 Å². The molecule has 0 unspecified atom stereocenters. The average Bonchev–Trinajstić information content (AvgIpc) is 2.70. The third-order valence-electron chi connectivity index (χ3n) is 4.07. The van der Waals surface area contributed by atoms with E-state index in [-0.39, 0.29) is 38.1 Å². The molecular formula is C21H12Cl2F5N3O2S. The zero-order chi connectivity index (χ0) is 25.0. The molecule has 0 radical (unpaired) electrons. The van der Waals surface area contributed by atoms with E-state index in [9.17, 15) is 31.5 Å². The molecule has 3 aromatic rings. The second-order valence-corrected chi connectivity index (χ2v) is 8.47. The molecule has 3 aromatic carbocycles. The SMILES string of the molecule is O=C(NC(=O)c1c(F)cccc1F)Nc1cc(Cl)c(Nc2ccc(SC(F)(F)F)cc2)c(Cl)c1. The van der Waals surface area contributed by atoms with Crippen molar-refractivity contribution in [3.63, 3.8) is 0 Å². The fourth-order valence-corrected chi connectivity index (χ4v) is 3.81. The lowest BCUT2D eigenvalue weighted by molar-refractivity contribution is -0.0328. The third kappa shape index (κ3) is 6.75. The summed E-state index contributed by atoms with van der Waals surface area (Å²) in [5.74, 6) is -3.58. The molecule has 0 spiro atoms. The molecule has 0 saturated heterocycles. The molecule has 3 rings (SSSR count). The Labute approximate surface area is 203 Å². The molecule has 178 valence electrons. The van der Waals surface area contributed by atoms with Gasteiger partial charge in [0.2, 0.25) is 0 Å². The molecular weight excluding hydrogens is 524 g/mol. The first kappa shape index (κ1) is 25.6. The highest BCUT2D eigenvalue weighted by molar-refractivity contribution is 8.00. The summed E-state index contributed by atoms with van der Waals surface area (Å²) in [6.45, 7) is 0. The fraction of sp³-hybridized carbons (Fsp3) is 0.0476. The maximum Gasteiger partial charge on any atom is 0.446 e. The average molecular weight is 536 g/mol. The Morgan fingerprint density at radius 3 is 1.94 bits per heavy atom. The highest BCUT2D eigenvalue weighted by Gasteiger charge is 2.29. The summed E-state index contributed by atoms with van der Waals surface area (Å²) in [6.07, 6.45) is 0. The number of thioether (sulfide) groups is 1. The Balaban J connectivity index is 1.68. The molecule has 5 nitrogen and oxygen atoms in total. The van der Waals surface area contributed by atoms with Gasteiger partial charge in [-0.05, 0) is 60.3 Å². The number of anilines is 3. The predicted molar refractivity (Wildman–Crippen MR) is 121 cm³/mol. The van der Waals surface area contributed by atoms with E-state index in [0.717, 1.165) is 18.2 Å². The molecule has 0 atom stereocenters. The van der Waals surface area contributed by atoms with Crippen molar-refractivity contribution in [2.24, 2.45) is 0 Å². The predicted octanol–water partition coefficient (Wildman–Crippen LogP) is 7.59. The first-order chi connectivity index (χ1) is 15.9. The number of amides is 3. The Hall–Kier alpha value is -3.02. The van der Waals surface area contributed by atoms with Crippen molar-refractivity contribution < 1.29 is 31.5 Å². The smallest absolute Gasteiger partial charge is 0.353 e. The van der Waals surface area contributed by atoms with Crippen molar-refractivity contribution in [2.45, 2.75) is 10.4 Å². The van der Waals surface area contributed by atoms with Crippen molar-refractivity contribution >= 4 is 64.0 Å². The van der Waals surface area contributed by atoms with Gasteiger partial charge in [0.1, 0.15) is 17.2 Å². The van der Waals surface area contributed by atoms with Crippen LogP contribution < -0.4 is 16.0 Å². The van der Waals surface area contributed by atoms with Crippen LogP contribution in [-0.4, -0.2) is 17.4 Å². The fourth-order valence-electron chi connectivity index (χ4n) is 2.69. The summed E-state index contributed by atoms with van der Waals surface area (Å²) in [4.78, 5) is 24.1. The third-order valence-corrected chi connectivity index (χ3v) is 5.41. The van der Waals surface area contributed by atoms with Gasteiger partial charge in [0, 0.05) is 16.3 Å². The summed E-state index contributed by atoms with van der Waals surface area (Å²) in [7, 11) is 0. The molecule has 3 N–H and O–H groups in total. The van der Waals surface area contributed by atoms with Crippen LogP contribution in [0.2, 0.25) is 10.0 Å². The highest BCUT2D eigenvalue weighted by Crippen LogP contribution is 2.39. The maximum atomic E-state index is 13.7. The van der Waals surface area contributed by atoms with Crippen LogP contribution in [0.4, 0.5) is 43.8 Å². The number of benzene rings is 3. The first-order valence-electron chi connectivity index (χ1n) is 9.11. The van der Waals surface area contributed by atoms with Gasteiger partial charge in [-0.25, -0.2) is 13.6 Å². The molecule has 0 aliphatic carbocycles. The van der Waals surface area contributed by atoms with Gasteiger partial charge >= 0.3 is 11.5 Å². The van der Waals surface area contributed by atoms with Gasteiger partial charge in [-0.15, -0.1) is 0 Å². The molecule has 0 aliphatic rings. The van der Waals surface area contributed by atoms with Crippen molar-refractivity contribution in [3.8, 4) is 0 Å². The van der Waals surface area contributed by atoms with Gasteiger partial charge in [-0.2, -0.15) is 13.2 Å². The van der Waals surface area contributed by atoms with Crippen molar-refractivity contribution in [1.82, 2.24) is 5.32 Å². The molecule has 3 amide bonds. The van der Waals surface area contributed by atoms with Gasteiger partial charge in [-0.3, -0.25) is 10.1 Å².